The molecule has 3 aromatic rings. The number of nitrogens with zero attached hydrogens (tertiary/aromatic N) is 3. The van der Waals surface area contributed by atoms with Crippen LogP contribution in [0, 0.1) is 0 Å². The van der Waals surface area contributed by atoms with Crippen molar-refractivity contribution in [3.63, 3.8) is 0 Å². The lowest BCUT2D eigenvalue weighted by atomic mass is 10.2. The molecule has 150 valence electrons. The van der Waals surface area contributed by atoms with Crippen LogP contribution < -0.4 is 10.1 Å². The van der Waals surface area contributed by atoms with Gasteiger partial charge in [-0.2, -0.15) is 0 Å². The number of rotatable bonds is 5. The first-order valence-electron chi connectivity index (χ1n) is 8.93. The van der Waals surface area contributed by atoms with E-state index in [1.807, 2.05) is 0 Å². The van der Waals surface area contributed by atoms with Gasteiger partial charge < -0.3 is 10.1 Å². The molecule has 8 nitrogen and oxygen atoms in total. The molecule has 1 N–H and O–H groups in total. The second-order valence-corrected chi connectivity index (χ2v) is 7.34. The fourth-order valence-electron chi connectivity index (χ4n) is 2.87. The number of hydrogen-bond acceptors (Lipinski definition) is 7. The highest BCUT2D eigenvalue weighted by Gasteiger charge is 2.36. The van der Waals surface area contributed by atoms with Crippen molar-refractivity contribution < 1.29 is 19.1 Å². The maximum atomic E-state index is 12.6. The number of hydrogen-bond donors (Lipinski definition) is 1. The molecule has 30 heavy (non-hydrogen) atoms. The Kier molecular flexibility index (Phi) is 5.44. The van der Waals surface area contributed by atoms with Gasteiger partial charge in [0.25, 0.3) is 11.1 Å². The van der Waals surface area contributed by atoms with E-state index in [1.54, 1.807) is 68.0 Å². The predicted molar refractivity (Wildman–Crippen MR) is 114 cm³/mol. The van der Waals surface area contributed by atoms with Crippen LogP contribution in [-0.2, 0) is 9.59 Å². The molecule has 0 bridgehead atoms. The first-order chi connectivity index (χ1) is 14.5. The van der Waals surface area contributed by atoms with Gasteiger partial charge in [-0.1, -0.05) is 12.1 Å². The molecule has 1 saturated heterocycles. The molecular weight excluding hydrogens is 404 g/mol. The Morgan fingerprint density at radius 3 is 2.57 bits per heavy atom. The van der Waals surface area contributed by atoms with Crippen molar-refractivity contribution in [3.05, 3.63) is 65.3 Å². The van der Waals surface area contributed by atoms with Crippen LogP contribution in [0.5, 0.6) is 5.75 Å². The molecule has 9 heteroatoms. The summed E-state index contributed by atoms with van der Waals surface area (Å²) in [6.07, 6.45) is 4.76. The van der Waals surface area contributed by atoms with Gasteiger partial charge in [-0.05, 0) is 53.7 Å². The van der Waals surface area contributed by atoms with Crippen molar-refractivity contribution >= 4 is 51.6 Å². The fraction of sp³-hybridized carbons (Fsp3) is 0.0952. The Morgan fingerprint density at radius 2 is 1.83 bits per heavy atom. The highest BCUT2D eigenvalue weighted by molar-refractivity contribution is 8.18. The molecule has 0 spiro atoms. The van der Waals surface area contributed by atoms with Gasteiger partial charge in [-0.3, -0.25) is 29.3 Å². The summed E-state index contributed by atoms with van der Waals surface area (Å²) >= 11 is 0.806. The van der Waals surface area contributed by atoms with E-state index in [2.05, 4.69) is 15.3 Å². The minimum absolute atomic E-state index is 0.263. The minimum atomic E-state index is -0.500. The van der Waals surface area contributed by atoms with Crippen LogP contribution in [0.25, 0.3) is 17.1 Å². The number of amides is 3. The Bertz CT molecular complexity index is 1180. The monoisotopic (exact) mass is 420 g/mol. The molecule has 0 unspecified atom stereocenters. The zero-order valence-corrected chi connectivity index (χ0v) is 16.7. The van der Waals surface area contributed by atoms with Crippen molar-refractivity contribution in [3.8, 4) is 5.75 Å². The van der Waals surface area contributed by atoms with Crippen LogP contribution in [0.2, 0.25) is 0 Å². The van der Waals surface area contributed by atoms with Gasteiger partial charge >= 0.3 is 0 Å². The van der Waals surface area contributed by atoms with E-state index < -0.39 is 17.1 Å². The summed E-state index contributed by atoms with van der Waals surface area (Å²) in [5, 5.41) is 2.20. The van der Waals surface area contributed by atoms with E-state index in [0.29, 0.717) is 22.5 Å². The number of anilines is 1. The first kappa shape index (κ1) is 19.6. The van der Waals surface area contributed by atoms with Crippen LogP contribution in [0.15, 0.2) is 59.8 Å². The smallest absolute Gasteiger partial charge is 0.294 e. The fourth-order valence-corrected chi connectivity index (χ4v) is 3.71. The summed E-state index contributed by atoms with van der Waals surface area (Å²) in [6, 6.07) is 12.2. The summed E-state index contributed by atoms with van der Waals surface area (Å²) in [6.45, 7) is -0.372. The molecule has 4 rings (SSSR count). The summed E-state index contributed by atoms with van der Waals surface area (Å²) in [5.41, 5.74) is 2.59. The van der Waals surface area contributed by atoms with Crippen LogP contribution >= 0.6 is 11.8 Å². The summed E-state index contributed by atoms with van der Waals surface area (Å²) < 4.78 is 5.10. The van der Waals surface area contributed by atoms with Crippen LogP contribution in [0.3, 0.4) is 0 Å². The number of carbonyl (C=O) groups is 3. The summed E-state index contributed by atoms with van der Waals surface area (Å²) in [7, 11) is 1.57. The van der Waals surface area contributed by atoms with Crippen molar-refractivity contribution in [2.45, 2.75) is 0 Å². The zero-order chi connectivity index (χ0) is 21.1. The van der Waals surface area contributed by atoms with Gasteiger partial charge in [-0.15, -0.1) is 0 Å². The number of benzene rings is 2. The Morgan fingerprint density at radius 1 is 1.10 bits per heavy atom. The van der Waals surface area contributed by atoms with Crippen LogP contribution in [0.1, 0.15) is 5.56 Å². The average molecular weight is 420 g/mol. The Labute approximate surface area is 175 Å². The number of imide groups is 1. The largest absolute Gasteiger partial charge is 0.497 e. The Balaban J connectivity index is 1.44. The molecule has 2 aromatic carbocycles. The number of aromatic nitrogens is 2. The third-order valence-corrected chi connectivity index (χ3v) is 5.25. The van der Waals surface area contributed by atoms with Crippen molar-refractivity contribution in [1.82, 2.24) is 14.9 Å². The molecule has 0 radical (unpaired) electrons. The number of thioether (sulfide) groups is 1. The normalized spacial score (nSPS) is 15.1. The van der Waals surface area contributed by atoms with Gasteiger partial charge in [0.2, 0.25) is 5.91 Å². The second-order valence-electron chi connectivity index (χ2n) is 6.35. The second kappa shape index (κ2) is 8.34. The van der Waals surface area contributed by atoms with Gasteiger partial charge in [0, 0.05) is 18.1 Å². The van der Waals surface area contributed by atoms with Gasteiger partial charge in [0.05, 0.1) is 23.0 Å². The zero-order valence-electron chi connectivity index (χ0n) is 15.9. The van der Waals surface area contributed by atoms with Crippen LogP contribution in [-0.4, -0.2) is 45.6 Å². The van der Waals surface area contributed by atoms with Crippen molar-refractivity contribution in [2.24, 2.45) is 0 Å². The number of methoxy groups -OCH3 is 1. The third-order valence-electron chi connectivity index (χ3n) is 4.34. The van der Waals surface area contributed by atoms with E-state index in [9.17, 15) is 14.4 Å². The molecular formula is C21H16N4O4S. The first-order valence-corrected chi connectivity index (χ1v) is 9.75. The predicted octanol–water partition coefficient (Wildman–Crippen LogP) is 3.31. The molecule has 1 fully saturated rings. The lowest BCUT2D eigenvalue weighted by Gasteiger charge is -2.12. The number of fused-ring (bicyclic) bond motifs is 1. The highest BCUT2D eigenvalue weighted by Crippen LogP contribution is 2.32. The average Bonchev–Trinajstić information content (AvgIpc) is 3.01. The van der Waals surface area contributed by atoms with Crippen molar-refractivity contribution in [1.29, 1.82) is 0 Å². The number of carbonyl (C=O) groups excluding carboxylic acids is 3. The highest BCUT2D eigenvalue weighted by atomic mass is 32.2. The topological polar surface area (TPSA) is 101 Å². The Hall–Kier alpha value is -3.72. The number of ether oxygens (including phenoxy) is 1. The molecule has 1 aliphatic heterocycles. The molecule has 3 amide bonds. The molecule has 0 aliphatic carbocycles. The van der Waals surface area contributed by atoms with Gasteiger partial charge in [0.1, 0.15) is 12.3 Å². The molecule has 1 aliphatic rings. The summed E-state index contributed by atoms with van der Waals surface area (Å²) in [5.74, 6) is -0.289. The molecule has 2 heterocycles. The maximum Gasteiger partial charge on any atom is 0.294 e. The lowest BCUT2D eigenvalue weighted by Crippen LogP contribution is -2.36. The third kappa shape index (κ3) is 4.15. The van der Waals surface area contributed by atoms with Crippen molar-refractivity contribution in [2.75, 3.05) is 19.0 Å². The van der Waals surface area contributed by atoms with Crippen LogP contribution in [0.4, 0.5) is 10.5 Å². The SMILES string of the molecule is COc1ccc(/C=C2\SC(=O)N(CC(=O)Nc3ccc4nccnc4c3)C2=O)cc1. The quantitative estimate of drug-likeness (QED) is 0.632. The standard InChI is InChI=1S/C21H16N4O4S/c1-29-15-5-2-13(3-6-15)10-18-20(27)25(21(28)30-18)12-19(26)24-14-4-7-16-17(11-14)23-9-8-22-16/h2-11H,12H2,1H3,(H,24,26)/b18-10-. The summed E-state index contributed by atoms with van der Waals surface area (Å²) in [4.78, 5) is 46.8. The van der Waals surface area contributed by atoms with E-state index in [-0.39, 0.29) is 11.4 Å². The lowest BCUT2D eigenvalue weighted by molar-refractivity contribution is -0.127. The minimum Gasteiger partial charge on any atom is -0.497 e. The van der Waals surface area contributed by atoms with E-state index in [0.717, 1.165) is 22.2 Å². The number of nitrogens with one attached hydrogen (secondary N) is 1. The van der Waals surface area contributed by atoms with E-state index >= 15 is 0 Å². The van der Waals surface area contributed by atoms with E-state index in [4.69, 9.17) is 4.74 Å². The van der Waals surface area contributed by atoms with Gasteiger partial charge in [-0.25, -0.2) is 0 Å². The van der Waals surface area contributed by atoms with E-state index in [1.165, 1.54) is 0 Å². The molecule has 0 atom stereocenters. The molecule has 1 aromatic heterocycles. The van der Waals surface area contributed by atoms with Gasteiger partial charge in [0.15, 0.2) is 0 Å². The maximum absolute atomic E-state index is 12.6. The molecule has 0 saturated carbocycles.